The monoisotopic (exact) mass is 812 g/mol. The number of sulfonamides is 1. The van der Waals surface area contributed by atoms with Crippen molar-refractivity contribution in [2.75, 3.05) is 59.6 Å². The number of hydrogen-bond acceptors (Lipinski definition) is 12. The van der Waals surface area contributed by atoms with Gasteiger partial charge in [-0.2, -0.15) is 4.31 Å². The van der Waals surface area contributed by atoms with Crippen LogP contribution in [0.4, 0.5) is 4.79 Å². The number of nitrogens with one attached hydrogen (secondary N) is 1. The molecule has 0 aromatic heterocycles. The Hall–Kier alpha value is -2.59. The lowest BCUT2D eigenvalue weighted by Crippen LogP contribution is -2.52. The molecule has 0 radical (unpaired) electrons. The van der Waals surface area contributed by atoms with Gasteiger partial charge in [0.1, 0.15) is 18.2 Å². The van der Waals surface area contributed by atoms with Gasteiger partial charge in [-0.3, -0.25) is 4.57 Å². The topological polar surface area (TPSA) is 168 Å². The molecule has 0 aliphatic carbocycles. The number of carbonyl (C=O) groups excluding carboxylic acids is 1. The van der Waals surface area contributed by atoms with Crippen LogP contribution in [0.25, 0.3) is 0 Å². The van der Waals surface area contributed by atoms with E-state index in [0.29, 0.717) is 38.4 Å². The maximum Gasteiger partial charge on any atom is 0.407 e. The number of methoxy groups -OCH3 is 1. The van der Waals surface area contributed by atoms with Gasteiger partial charge < -0.3 is 43.2 Å². The number of alkyl carbamates (subject to hydrolysis) is 1. The summed E-state index contributed by atoms with van der Waals surface area (Å²) in [6.07, 6.45) is 1.34. The van der Waals surface area contributed by atoms with E-state index < -0.39 is 53.7 Å². The molecule has 1 unspecified atom stereocenters. The molecule has 2 fully saturated rings. The van der Waals surface area contributed by atoms with E-state index in [1.165, 1.54) is 23.5 Å². The van der Waals surface area contributed by atoms with Crippen molar-refractivity contribution in [2.24, 2.45) is 11.3 Å². The third-order valence-electron chi connectivity index (χ3n) is 9.75. The Labute approximate surface area is 327 Å². The fraction of sp³-hybridized carbons (Fsp3) is 0.667. The van der Waals surface area contributed by atoms with E-state index in [9.17, 15) is 22.9 Å². The first-order valence-corrected chi connectivity index (χ1v) is 22.5. The molecule has 2 aliphatic rings. The zero-order valence-electron chi connectivity index (χ0n) is 32.9. The lowest BCUT2D eigenvalue weighted by Gasteiger charge is -2.35. The van der Waals surface area contributed by atoms with Crippen LogP contribution in [-0.2, 0) is 49.0 Å². The van der Waals surface area contributed by atoms with E-state index in [-0.39, 0.29) is 49.9 Å². The smallest absolute Gasteiger partial charge is 0.407 e. The summed E-state index contributed by atoms with van der Waals surface area (Å²) in [4.78, 5) is 13.3. The molecule has 2 aromatic carbocycles. The Bertz CT molecular complexity index is 1580. The van der Waals surface area contributed by atoms with Crippen LogP contribution in [0.5, 0.6) is 5.75 Å². The average molecular weight is 813 g/mol. The highest BCUT2D eigenvalue weighted by atomic mass is 32.2. The predicted molar refractivity (Wildman–Crippen MR) is 207 cm³/mol. The summed E-state index contributed by atoms with van der Waals surface area (Å²) in [6.45, 7) is 8.97. The summed E-state index contributed by atoms with van der Waals surface area (Å²) in [5.74, 6) is 0.417. The quantitative estimate of drug-likeness (QED) is 0.0842. The van der Waals surface area contributed by atoms with Crippen molar-refractivity contribution in [3.05, 3.63) is 60.2 Å². The number of ether oxygens (including phenoxy) is 5. The second-order valence-electron chi connectivity index (χ2n) is 14.9. The van der Waals surface area contributed by atoms with Crippen LogP contribution in [0.3, 0.4) is 0 Å². The van der Waals surface area contributed by atoms with E-state index >= 15 is 0 Å². The van der Waals surface area contributed by atoms with Crippen molar-refractivity contribution in [3.8, 4) is 5.75 Å². The molecule has 4 rings (SSSR count). The van der Waals surface area contributed by atoms with Crippen molar-refractivity contribution in [3.63, 3.8) is 0 Å². The van der Waals surface area contributed by atoms with Gasteiger partial charge in [-0.25, -0.2) is 13.2 Å². The summed E-state index contributed by atoms with van der Waals surface area (Å²) in [5, 5.41) is 14.7. The number of benzene rings is 2. The van der Waals surface area contributed by atoms with Gasteiger partial charge >= 0.3 is 13.7 Å². The SMILES string of the molecule is CCCCOP(=O)(COCCC(C)(C)CN(C[C@@H](O)[C@H](Cc1ccccc1)NC(=O)OC1CO[C@H]2OCC[C@@H]12)S(=O)(=O)c1ccc(OC)cc1)OCCCC. The third-order valence-corrected chi connectivity index (χ3v) is 13.2. The van der Waals surface area contributed by atoms with Crippen LogP contribution in [0, 0.1) is 11.3 Å². The Balaban J connectivity index is 1.50. The minimum absolute atomic E-state index is 0.00950. The van der Waals surface area contributed by atoms with Gasteiger partial charge in [0.05, 0.1) is 56.5 Å². The number of hydrogen-bond donors (Lipinski definition) is 2. The van der Waals surface area contributed by atoms with E-state index in [1.807, 2.05) is 58.0 Å². The molecule has 14 nitrogen and oxygen atoms in total. The van der Waals surface area contributed by atoms with Crippen LogP contribution in [0.1, 0.15) is 71.8 Å². The van der Waals surface area contributed by atoms with Crippen molar-refractivity contribution in [1.82, 2.24) is 9.62 Å². The van der Waals surface area contributed by atoms with Crippen LogP contribution >= 0.6 is 7.60 Å². The van der Waals surface area contributed by atoms with Gasteiger partial charge in [-0.15, -0.1) is 0 Å². The fourth-order valence-electron chi connectivity index (χ4n) is 6.39. The van der Waals surface area contributed by atoms with Gasteiger partial charge in [-0.1, -0.05) is 70.9 Å². The van der Waals surface area contributed by atoms with Crippen LogP contribution in [0.15, 0.2) is 59.5 Å². The molecular weight excluding hydrogens is 751 g/mol. The molecule has 5 atom stereocenters. The number of aliphatic hydroxyl groups excluding tert-OH is 1. The van der Waals surface area contributed by atoms with Gasteiger partial charge in [0.25, 0.3) is 0 Å². The molecule has 2 heterocycles. The summed E-state index contributed by atoms with van der Waals surface area (Å²) in [6, 6.07) is 14.4. The van der Waals surface area contributed by atoms with E-state index in [2.05, 4.69) is 5.32 Å². The van der Waals surface area contributed by atoms with Crippen LogP contribution in [0.2, 0.25) is 0 Å². The molecular formula is C39H61N2O12PS. The largest absolute Gasteiger partial charge is 0.497 e. The van der Waals surface area contributed by atoms with E-state index in [0.717, 1.165) is 31.2 Å². The Kier molecular flexibility index (Phi) is 17.9. The van der Waals surface area contributed by atoms with Crippen LogP contribution < -0.4 is 10.1 Å². The number of carbonyl (C=O) groups is 1. The van der Waals surface area contributed by atoms with Crippen molar-refractivity contribution >= 4 is 23.7 Å². The number of rotatable bonds is 25. The minimum atomic E-state index is -4.18. The normalized spacial score (nSPS) is 19.9. The summed E-state index contributed by atoms with van der Waals surface area (Å²) >= 11 is 0. The molecule has 0 saturated carbocycles. The van der Waals surface area contributed by atoms with Gasteiger partial charge in [0, 0.05) is 19.7 Å². The molecule has 16 heteroatoms. The lowest BCUT2D eigenvalue weighted by atomic mass is 9.89. The van der Waals surface area contributed by atoms with E-state index in [1.54, 1.807) is 12.1 Å². The fourth-order valence-corrected chi connectivity index (χ4v) is 9.43. The van der Waals surface area contributed by atoms with E-state index in [4.69, 9.17) is 32.7 Å². The molecule has 55 heavy (non-hydrogen) atoms. The molecule has 2 aromatic rings. The van der Waals surface area contributed by atoms with Gasteiger partial charge in [0.2, 0.25) is 10.0 Å². The molecule has 2 aliphatic heterocycles. The molecule has 2 N–H and O–H groups in total. The number of nitrogens with zero attached hydrogens (tertiary/aromatic N) is 1. The first-order chi connectivity index (χ1) is 26.3. The Morgan fingerprint density at radius 3 is 2.33 bits per heavy atom. The number of fused-ring (bicyclic) bond motifs is 1. The second kappa shape index (κ2) is 21.8. The number of unbranched alkanes of at least 4 members (excludes halogenated alkanes) is 2. The molecule has 2 saturated heterocycles. The predicted octanol–water partition coefficient (Wildman–Crippen LogP) is 6.36. The first-order valence-electron chi connectivity index (χ1n) is 19.3. The van der Waals surface area contributed by atoms with Crippen LogP contribution in [-0.4, -0.2) is 108 Å². The molecule has 0 spiro atoms. The zero-order chi connectivity index (χ0) is 39.9. The zero-order valence-corrected chi connectivity index (χ0v) is 34.6. The van der Waals surface area contributed by atoms with Crippen molar-refractivity contribution in [2.45, 2.75) is 102 Å². The Morgan fingerprint density at radius 2 is 1.69 bits per heavy atom. The molecule has 1 amide bonds. The number of amides is 1. The maximum absolute atomic E-state index is 14.3. The van der Waals surface area contributed by atoms with Crippen molar-refractivity contribution in [1.29, 1.82) is 0 Å². The minimum Gasteiger partial charge on any atom is -0.497 e. The van der Waals surface area contributed by atoms with Crippen molar-refractivity contribution < 1.29 is 55.6 Å². The highest BCUT2D eigenvalue weighted by Gasteiger charge is 2.44. The Morgan fingerprint density at radius 1 is 1.02 bits per heavy atom. The highest BCUT2D eigenvalue weighted by Crippen LogP contribution is 2.48. The summed E-state index contributed by atoms with van der Waals surface area (Å²) < 4.78 is 82.6. The number of aliphatic hydroxyl groups is 1. The third kappa shape index (κ3) is 14.1. The standard InChI is InChI=1S/C39H61N2O12PS/c1-6-8-21-51-54(44,52-22-9-7-2)29-48-24-20-39(3,4)28-41(55(45,46)32-17-15-31(47-5)16-18-32)26-35(42)34(25-30-13-11-10-12-14-30)40-38(43)53-36-27-50-37-33(36)19-23-49-37/h10-18,33-37,42H,6-9,19-29H2,1-5H3,(H,40,43)/t33-,34-,35+,36?,37+/m0/s1. The summed E-state index contributed by atoms with van der Waals surface area (Å²) in [5.41, 5.74) is 0.149. The average Bonchev–Trinajstić information content (AvgIpc) is 3.79. The lowest BCUT2D eigenvalue weighted by molar-refractivity contribution is -0.0907. The molecule has 0 bridgehead atoms. The van der Waals surface area contributed by atoms with Gasteiger partial charge in [-0.05, 0) is 67.3 Å². The molecule has 310 valence electrons. The van der Waals surface area contributed by atoms with Gasteiger partial charge in [0.15, 0.2) is 6.29 Å². The first kappa shape index (κ1) is 45.1. The summed E-state index contributed by atoms with van der Waals surface area (Å²) in [7, 11) is -6.16. The highest BCUT2D eigenvalue weighted by molar-refractivity contribution is 7.89. The second-order valence-corrected chi connectivity index (χ2v) is 18.8. The maximum atomic E-state index is 14.3.